The predicted molar refractivity (Wildman–Crippen MR) is 70.7 cm³/mol. The number of hydrogen-bond acceptors (Lipinski definition) is 2. The molecule has 0 radical (unpaired) electrons. The lowest BCUT2D eigenvalue weighted by molar-refractivity contribution is 1.30. The summed E-state index contributed by atoms with van der Waals surface area (Å²) in [6, 6.07) is 10.2. The van der Waals surface area contributed by atoms with Crippen molar-refractivity contribution in [3.05, 3.63) is 48.3 Å². The molecule has 3 aromatic rings. The van der Waals surface area contributed by atoms with Gasteiger partial charge < -0.3 is 10.7 Å². The van der Waals surface area contributed by atoms with Gasteiger partial charge in [-0.3, -0.25) is 0 Å². The molecule has 0 aliphatic carbocycles. The molecular formula is C14H13N3. The molecule has 0 atom stereocenters. The lowest BCUT2D eigenvalue weighted by atomic mass is 9.99. The number of rotatable bonds is 1. The molecule has 3 heteroatoms. The molecule has 0 amide bonds. The summed E-state index contributed by atoms with van der Waals surface area (Å²) < 4.78 is 0. The van der Waals surface area contributed by atoms with E-state index in [1.54, 1.807) is 0 Å². The van der Waals surface area contributed by atoms with Crippen LogP contribution in [0.15, 0.2) is 42.7 Å². The quantitative estimate of drug-likeness (QED) is 0.666. The Hall–Kier alpha value is -2.29. The highest BCUT2D eigenvalue weighted by atomic mass is 14.8. The van der Waals surface area contributed by atoms with Crippen LogP contribution < -0.4 is 5.73 Å². The first-order valence-electron chi connectivity index (χ1n) is 5.54. The smallest absolute Gasteiger partial charge is 0.123 e. The average molecular weight is 223 g/mol. The van der Waals surface area contributed by atoms with Crippen LogP contribution in [0.4, 0.5) is 5.82 Å². The summed E-state index contributed by atoms with van der Waals surface area (Å²) in [6.07, 6.45) is 3.79. The van der Waals surface area contributed by atoms with Gasteiger partial charge in [0.2, 0.25) is 0 Å². The van der Waals surface area contributed by atoms with Gasteiger partial charge in [-0.15, -0.1) is 0 Å². The van der Waals surface area contributed by atoms with Crippen molar-refractivity contribution in [2.45, 2.75) is 6.92 Å². The molecule has 0 fully saturated rings. The molecule has 0 saturated heterocycles. The maximum Gasteiger partial charge on any atom is 0.123 e. The van der Waals surface area contributed by atoms with Gasteiger partial charge in [-0.25, -0.2) is 4.98 Å². The summed E-state index contributed by atoms with van der Waals surface area (Å²) in [4.78, 5) is 7.39. The van der Waals surface area contributed by atoms with Crippen molar-refractivity contribution in [2.24, 2.45) is 0 Å². The summed E-state index contributed by atoms with van der Waals surface area (Å²) in [5, 5.41) is 1.21. The Morgan fingerprint density at radius 1 is 1.18 bits per heavy atom. The minimum absolute atomic E-state index is 0.562. The number of H-pyrrole nitrogens is 1. The number of hydrogen-bond donors (Lipinski definition) is 2. The SMILES string of the molecule is Cc1cc(N)ncc1-c1cccc2[nH]ccc12. The van der Waals surface area contributed by atoms with Crippen molar-refractivity contribution in [3.63, 3.8) is 0 Å². The van der Waals surface area contributed by atoms with Crippen molar-refractivity contribution in [2.75, 3.05) is 5.73 Å². The van der Waals surface area contributed by atoms with Crippen LogP contribution in [0.5, 0.6) is 0 Å². The number of benzene rings is 1. The van der Waals surface area contributed by atoms with E-state index in [0.29, 0.717) is 5.82 Å². The number of nitrogens with two attached hydrogens (primary N) is 1. The average Bonchev–Trinajstić information content (AvgIpc) is 2.77. The number of fused-ring (bicyclic) bond motifs is 1. The molecule has 17 heavy (non-hydrogen) atoms. The van der Waals surface area contributed by atoms with Crippen LogP contribution in [-0.2, 0) is 0 Å². The molecule has 1 aromatic carbocycles. The molecule has 2 heterocycles. The number of nitrogens with zero attached hydrogens (tertiary/aromatic N) is 1. The molecule has 0 aliphatic heterocycles. The summed E-state index contributed by atoms with van der Waals surface area (Å²) in [7, 11) is 0. The van der Waals surface area contributed by atoms with Gasteiger partial charge in [0.15, 0.2) is 0 Å². The fourth-order valence-electron chi connectivity index (χ4n) is 2.18. The van der Waals surface area contributed by atoms with Crippen molar-refractivity contribution < 1.29 is 0 Å². The Bertz CT molecular complexity index is 683. The highest BCUT2D eigenvalue weighted by molar-refractivity contribution is 5.95. The molecule has 0 bridgehead atoms. The van der Waals surface area contributed by atoms with Gasteiger partial charge in [-0.05, 0) is 36.2 Å². The van der Waals surface area contributed by atoms with Crippen molar-refractivity contribution in [3.8, 4) is 11.1 Å². The van der Waals surface area contributed by atoms with Gasteiger partial charge in [0.1, 0.15) is 5.82 Å². The van der Waals surface area contributed by atoms with Gasteiger partial charge in [-0.1, -0.05) is 12.1 Å². The molecule has 3 rings (SSSR count). The van der Waals surface area contributed by atoms with Crippen LogP contribution in [0.2, 0.25) is 0 Å². The number of aryl methyl sites for hydroxylation is 1. The van der Waals surface area contributed by atoms with E-state index in [1.165, 1.54) is 10.9 Å². The van der Waals surface area contributed by atoms with E-state index in [0.717, 1.165) is 16.6 Å². The van der Waals surface area contributed by atoms with E-state index < -0.39 is 0 Å². The first-order chi connectivity index (χ1) is 8.25. The van der Waals surface area contributed by atoms with Crippen molar-refractivity contribution in [1.82, 2.24) is 9.97 Å². The summed E-state index contributed by atoms with van der Waals surface area (Å²) in [6.45, 7) is 2.05. The molecule has 0 saturated carbocycles. The van der Waals surface area contributed by atoms with Gasteiger partial charge in [0.25, 0.3) is 0 Å². The van der Waals surface area contributed by atoms with Gasteiger partial charge >= 0.3 is 0 Å². The zero-order valence-corrected chi connectivity index (χ0v) is 9.57. The zero-order valence-electron chi connectivity index (χ0n) is 9.57. The molecule has 84 valence electrons. The lowest BCUT2D eigenvalue weighted by Gasteiger charge is -2.07. The van der Waals surface area contributed by atoms with E-state index in [1.807, 2.05) is 24.5 Å². The van der Waals surface area contributed by atoms with Crippen LogP contribution in [-0.4, -0.2) is 9.97 Å². The van der Waals surface area contributed by atoms with Crippen LogP contribution >= 0.6 is 0 Å². The molecule has 2 aromatic heterocycles. The number of nitrogen functional groups attached to an aromatic ring is 1. The van der Waals surface area contributed by atoms with E-state index >= 15 is 0 Å². The molecule has 3 nitrogen and oxygen atoms in total. The minimum atomic E-state index is 0.562. The van der Waals surface area contributed by atoms with Gasteiger partial charge in [0.05, 0.1) is 0 Å². The van der Waals surface area contributed by atoms with Crippen LogP contribution in [0.1, 0.15) is 5.56 Å². The first-order valence-corrected chi connectivity index (χ1v) is 5.54. The second-order valence-electron chi connectivity index (χ2n) is 4.17. The van der Waals surface area contributed by atoms with Gasteiger partial charge in [-0.2, -0.15) is 0 Å². The molecular weight excluding hydrogens is 210 g/mol. The second-order valence-corrected chi connectivity index (χ2v) is 4.17. The number of aromatic amines is 1. The molecule has 0 unspecified atom stereocenters. The Labute approximate surface area is 99.3 Å². The number of aromatic nitrogens is 2. The minimum Gasteiger partial charge on any atom is -0.384 e. The summed E-state index contributed by atoms with van der Waals surface area (Å²) in [5.41, 5.74) is 10.3. The highest BCUT2D eigenvalue weighted by Crippen LogP contribution is 2.30. The fraction of sp³-hybridized carbons (Fsp3) is 0.0714. The van der Waals surface area contributed by atoms with Crippen LogP contribution in [0.3, 0.4) is 0 Å². The van der Waals surface area contributed by atoms with Crippen LogP contribution in [0, 0.1) is 6.92 Å². The standard InChI is InChI=1S/C14H13N3/c1-9-7-14(15)17-8-12(9)10-3-2-4-13-11(10)5-6-16-13/h2-8,16H,1H3,(H2,15,17). The van der Waals surface area contributed by atoms with E-state index in [9.17, 15) is 0 Å². The normalized spacial score (nSPS) is 10.9. The second kappa shape index (κ2) is 3.63. The summed E-state index contributed by atoms with van der Waals surface area (Å²) >= 11 is 0. The van der Waals surface area contributed by atoms with E-state index in [2.05, 4.69) is 35.1 Å². The number of pyridine rings is 1. The van der Waals surface area contributed by atoms with Gasteiger partial charge in [0, 0.05) is 28.9 Å². The monoisotopic (exact) mass is 223 g/mol. The van der Waals surface area contributed by atoms with E-state index in [-0.39, 0.29) is 0 Å². The highest BCUT2D eigenvalue weighted by Gasteiger charge is 2.07. The largest absolute Gasteiger partial charge is 0.384 e. The lowest BCUT2D eigenvalue weighted by Crippen LogP contribution is -1.92. The summed E-state index contributed by atoms with van der Waals surface area (Å²) in [5.74, 6) is 0.562. The molecule has 0 aliphatic rings. The third-order valence-electron chi connectivity index (χ3n) is 3.02. The maximum absolute atomic E-state index is 5.68. The third-order valence-corrected chi connectivity index (χ3v) is 3.02. The number of anilines is 1. The Kier molecular flexibility index (Phi) is 2.11. The zero-order chi connectivity index (χ0) is 11.8. The van der Waals surface area contributed by atoms with E-state index in [4.69, 9.17) is 5.73 Å². The topological polar surface area (TPSA) is 54.7 Å². The third kappa shape index (κ3) is 1.56. The fourth-order valence-corrected chi connectivity index (χ4v) is 2.18. The molecule has 3 N–H and O–H groups in total. The number of nitrogens with one attached hydrogen (secondary N) is 1. The maximum atomic E-state index is 5.68. The predicted octanol–water partition coefficient (Wildman–Crippen LogP) is 3.12. The molecule has 0 spiro atoms. The van der Waals surface area contributed by atoms with Crippen LogP contribution in [0.25, 0.3) is 22.0 Å². The first kappa shape index (κ1) is 9.90. The Balaban J connectivity index is 2.30. The van der Waals surface area contributed by atoms with Crippen molar-refractivity contribution in [1.29, 1.82) is 0 Å². The van der Waals surface area contributed by atoms with Crippen molar-refractivity contribution >= 4 is 16.7 Å². The Morgan fingerprint density at radius 3 is 2.88 bits per heavy atom. The Morgan fingerprint density at radius 2 is 2.06 bits per heavy atom.